The van der Waals surface area contributed by atoms with E-state index in [2.05, 4.69) is 15.5 Å². The second-order valence-electron chi connectivity index (χ2n) is 4.31. The van der Waals surface area contributed by atoms with Gasteiger partial charge in [-0.05, 0) is 25.1 Å². The van der Waals surface area contributed by atoms with Gasteiger partial charge in [0.25, 0.3) is 0 Å². The molecule has 118 valence electrons. The number of halogens is 3. The number of nitrogens with zero attached hydrogens (tertiary/aromatic N) is 3. The van der Waals surface area contributed by atoms with Crippen molar-refractivity contribution in [1.29, 1.82) is 0 Å². The second kappa shape index (κ2) is 6.82. The lowest BCUT2D eigenvalue weighted by atomic mass is 10.2. The first-order chi connectivity index (χ1) is 10.4. The first-order valence-electron chi connectivity index (χ1n) is 6.38. The number of alkyl halides is 3. The Balaban J connectivity index is 1.95. The lowest BCUT2D eigenvalue weighted by Gasteiger charge is -2.09. The summed E-state index contributed by atoms with van der Waals surface area (Å²) in [6.45, 7) is 2.58. The Morgan fingerprint density at radius 2 is 2.18 bits per heavy atom. The van der Waals surface area contributed by atoms with Crippen LogP contribution in [0.15, 0.2) is 35.7 Å². The Kier molecular flexibility index (Phi) is 5.07. The third kappa shape index (κ3) is 4.23. The maximum atomic E-state index is 12.6. The van der Waals surface area contributed by atoms with Crippen molar-refractivity contribution < 1.29 is 18.0 Å². The zero-order chi connectivity index (χ0) is 16.2. The average molecular weight is 330 g/mol. The summed E-state index contributed by atoms with van der Waals surface area (Å²) in [5.74, 6) is -0.371. The second-order valence-corrected chi connectivity index (χ2v) is 5.26. The van der Waals surface area contributed by atoms with Crippen molar-refractivity contribution in [3.05, 3.63) is 36.2 Å². The molecule has 1 aromatic carbocycles. The van der Waals surface area contributed by atoms with Gasteiger partial charge in [0.15, 0.2) is 5.16 Å². The molecule has 0 unspecified atom stereocenters. The van der Waals surface area contributed by atoms with E-state index in [1.54, 1.807) is 10.9 Å². The van der Waals surface area contributed by atoms with E-state index in [-0.39, 0.29) is 11.4 Å². The maximum Gasteiger partial charge on any atom is 0.416 e. The van der Waals surface area contributed by atoms with Crippen molar-refractivity contribution in [2.24, 2.45) is 0 Å². The number of rotatable bonds is 5. The number of aromatic nitrogens is 3. The highest BCUT2D eigenvalue weighted by atomic mass is 32.2. The van der Waals surface area contributed by atoms with Crippen LogP contribution in [0.3, 0.4) is 0 Å². The SMILES string of the molecule is CCn1cnnc1SCC(=O)Nc1cccc(C(F)(F)F)c1. The molecule has 22 heavy (non-hydrogen) atoms. The van der Waals surface area contributed by atoms with Gasteiger partial charge in [0, 0.05) is 12.2 Å². The fourth-order valence-corrected chi connectivity index (χ4v) is 2.45. The fourth-order valence-electron chi connectivity index (χ4n) is 1.67. The molecular weight excluding hydrogens is 317 g/mol. The van der Waals surface area contributed by atoms with Crippen molar-refractivity contribution in [2.45, 2.75) is 24.8 Å². The summed E-state index contributed by atoms with van der Waals surface area (Å²) in [5.41, 5.74) is -0.693. The van der Waals surface area contributed by atoms with Crippen molar-refractivity contribution in [1.82, 2.24) is 14.8 Å². The van der Waals surface area contributed by atoms with Gasteiger partial charge in [-0.15, -0.1) is 10.2 Å². The smallest absolute Gasteiger partial charge is 0.325 e. The molecule has 0 spiro atoms. The van der Waals surface area contributed by atoms with E-state index in [4.69, 9.17) is 0 Å². The summed E-state index contributed by atoms with van der Waals surface area (Å²) >= 11 is 1.17. The molecule has 0 saturated carbocycles. The molecule has 2 aromatic rings. The first-order valence-corrected chi connectivity index (χ1v) is 7.36. The topological polar surface area (TPSA) is 59.8 Å². The molecule has 0 aliphatic heterocycles. The molecular formula is C13H13F3N4OS. The summed E-state index contributed by atoms with van der Waals surface area (Å²) in [7, 11) is 0. The minimum absolute atomic E-state index is 0.0366. The van der Waals surface area contributed by atoms with Gasteiger partial charge < -0.3 is 9.88 Å². The number of anilines is 1. The standard InChI is InChI=1S/C13H13F3N4OS/c1-2-20-8-17-19-12(20)22-7-11(21)18-10-5-3-4-9(6-10)13(14,15)16/h3-6,8H,2,7H2,1H3,(H,18,21). The summed E-state index contributed by atoms with van der Waals surface area (Å²) < 4.78 is 39.5. The number of hydrogen-bond donors (Lipinski definition) is 1. The third-order valence-corrected chi connectivity index (χ3v) is 3.71. The number of carbonyl (C=O) groups is 1. The highest BCUT2D eigenvalue weighted by Gasteiger charge is 2.30. The number of hydrogen-bond acceptors (Lipinski definition) is 4. The van der Waals surface area contributed by atoms with Gasteiger partial charge in [0.2, 0.25) is 5.91 Å². The molecule has 0 fully saturated rings. The van der Waals surface area contributed by atoms with Crippen LogP contribution in [-0.2, 0) is 17.5 Å². The highest BCUT2D eigenvalue weighted by molar-refractivity contribution is 7.99. The van der Waals surface area contributed by atoms with E-state index in [0.29, 0.717) is 11.7 Å². The van der Waals surface area contributed by atoms with Crippen LogP contribution in [0.4, 0.5) is 18.9 Å². The van der Waals surface area contributed by atoms with Crippen LogP contribution in [0.25, 0.3) is 0 Å². The van der Waals surface area contributed by atoms with E-state index in [1.807, 2.05) is 6.92 Å². The van der Waals surface area contributed by atoms with Crippen molar-refractivity contribution in [3.63, 3.8) is 0 Å². The molecule has 0 bridgehead atoms. The number of carbonyl (C=O) groups excluding carboxylic acids is 1. The summed E-state index contributed by atoms with van der Waals surface area (Å²) in [5, 5.41) is 10.6. The zero-order valence-corrected chi connectivity index (χ0v) is 12.4. The monoisotopic (exact) mass is 330 g/mol. The van der Waals surface area contributed by atoms with E-state index >= 15 is 0 Å². The van der Waals surface area contributed by atoms with E-state index < -0.39 is 17.6 Å². The molecule has 1 heterocycles. The Bertz CT molecular complexity index is 657. The van der Waals surface area contributed by atoms with Gasteiger partial charge in [0.05, 0.1) is 11.3 Å². The maximum absolute atomic E-state index is 12.6. The molecule has 0 radical (unpaired) electrons. The summed E-state index contributed by atoms with van der Waals surface area (Å²) in [4.78, 5) is 11.8. The van der Waals surface area contributed by atoms with Crippen molar-refractivity contribution in [3.8, 4) is 0 Å². The fraction of sp³-hybridized carbons (Fsp3) is 0.308. The van der Waals surface area contributed by atoms with Crippen LogP contribution < -0.4 is 5.32 Å². The lowest BCUT2D eigenvalue weighted by Crippen LogP contribution is -2.15. The number of nitrogens with one attached hydrogen (secondary N) is 1. The normalized spacial score (nSPS) is 11.5. The minimum Gasteiger partial charge on any atom is -0.325 e. The summed E-state index contributed by atoms with van der Waals surface area (Å²) in [6, 6.07) is 4.51. The predicted octanol–water partition coefficient (Wildman–Crippen LogP) is 3.05. The Labute approximate surface area is 128 Å². The molecule has 1 amide bonds. The number of benzene rings is 1. The molecule has 5 nitrogen and oxygen atoms in total. The van der Waals surface area contributed by atoms with Gasteiger partial charge >= 0.3 is 6.18 Å². The molecule has 1 N–H and O–H groups in total. The van der Waals surface area contributed by atoms with Crippen molar-refractivity contribution >= 4 is 23.4 Å². The van der Waals surface area contributed by atoms with Crippen LogP contribution in [0.2, 0.25) is 0 Å². The quantitative estimate of drug-likeness (QED) is 0.856. The average Bonchev–Trinajstić information content (AvgIpc) is 2.92. The molecule has 0 aliphatic rings. The van der Waals surface area contributed by atoms with Gasteiger partial charge in [-0.3, -0.25) is 4.79 Å². The minimum atomic E-state index is -4.44. The molecule has 1 aromatic heterocycles. The van der Waals surface area contributed by atoms with Crippen LogP contribution in [0, 0.1) is 0 Å². The van der Waals surface area contributed by atoms with Gasteiger partial charge in [-0.1, -0.05) is 17.8 Å². The number of thioether (sulfide) groups is 1. The molecule has 0 aliphatic carbocycles. The Morgan fingerprint density at radius 1 is 1.41 bits per heavy atom. The van der Waals surface area contributed by atoms with Gasteiger partial charge in [-0.25, -0.2) is 0 Å². The lowest BCUT2D eigenvalue weighted by molar-refractivity contribution is -0.137. The van der Waals surface area contributed by atoms with Crippen LogP contribution >= 0.6 is 11.8 Å². The predicted molar refractivity (Wildman–Crippen MR) is 76.5 cm³/mol. The molecule has 9 heteroatoms. The largest absolute Gasteiger partial charge is 0.416 e. The zero-order valence-electron chi connectivity index (χ0n) is 11.6. The first kappa shape index (κ1) is 16.3. The van der Waals surface area contributed by atoms with Gasteiger partial charge in [0.1, 0.15) is 6.33 Å². The number of amides is 1. The molecule has 2 rings (SSSR count). The van der Waals surface area contributed by atoms with Crippen LogP contribution in [-0.4, -0.2) is 26.4 Å². The van der Waals surface area contributed by atoms with E-state index in [1.165, 1.54) is 23.9 Å². The molecule has 0 atom stereocenters. The third-order valence-electron chi connectivity index (χ3n) is 2.73. The van der Waals surface area contributed by atoms with Crippen LogP contribution in [0.5, 0.6) is 0 Å². The van der Waals surface area contributed by atoms with Crippen LogP contribution in [0.1, 0.15) is 12.5 Å². The summed E-state index contributed by atoms with van der Waals surface area (Å²) in [6.07, 6.45) is -2.89. The van der Waals surface area contributed by atoms with Crippen molar-refractivity contribution in [2.75, 3.05) is 11.1 Å². The van der Waals surface area contributed by atoms with Gasteiger partial charge in [-0.2, -0.15) is 13.2 Å². The van der Waals surface area contributed by atoms with E-state index in [9.17, 15) is 18.0 Å². The number of aryl methyl sites for hydroxylation is 1. The Morgan fingerprint density at radius 3 is 2.86 bits per heavy atom. The molecule has 0 saturated heterocycles. The highest BCUT2D eigenvalue weighted by Crippen LogP contribution is 2.30. The Hall–Kier alpha value is -2.03. The van der Waals surface area contributed by atoms with E-state index in [0.717, 1.165) is 12.1 Å².